The number of nitrogens with two attached hydrogens (primary N) is 1. The van der Waals surface area contributed by atoms with Gasteiger partial charge in [0.05, 0.1) is 0 Å². The highest BCUT2D eigenvalue weighted by Crippen LogP contribution is 2.18. The van der Waals surface area contributed by atoms with Gasteiger partial charge in [-0.3, -0.25) is 10.2 Å². The number of halogens is 2. The average molecular weight is 397 g/mol. The van der Waals surface area contributed by atoms with E-state index < -0.39 is 6.61 Å². The molecule has 0 spiro atoms. The van der Waals surface area contributed by atoms with E-state index in [1.807, 2.05) is 17.5 Å². The maximum absolute atomic E-state index is 12.4. The van der Waals surface area contributed by atoms with E-state index in [1.54, 1.807) is 0 Å². The van der Waals surface area contributed by atoms with Crippen molar-refractivity contribution in [2.75, 3.05) is 11.2 Å². The van der Waals surface area contributed by atoms with E-state index in [1.165, 1.54) is 45.0 Å². The van der Waals surface area contributed by atoms with E-state index in [2.05, 4.69) is 15.3 Å². The number of Topliss-reactive ketones (excluding diaryl/α,β-unsaturated/α-hetero) is 1. The fraction of sp³-hybridized carbons (Fsp3) is 0.133. The van der Waals surface area contributed by atoms with Gasteiger partial charge in [0.15, 0.2) is 5.78 Å². The van der Waals surface area contributed by atoms with Crippen molar-refractivity contribution < 1.29 is 18.3 Å². The molecule has 3 rings (SSSR count). The molecule has 2 heterocycles. The maximum Gasteiger partial charge on any atom is 0.387 e. The van der Waals surface area contributed by atoms with Crippen LogP contribution < -0.4 is 15.9 Å². The third kappa shape index (κ3) is 4.06. The number of nitrogens with one attached hydrogen (secondary N) is 1. The molecule has 0 aliphatic heterocycles. The van der Waals surface area contributed by atoms with Crippen LogP contribution in [0.4, 0.5) is 19.7 Å². The van der Waals surface area contributed by atoms with Crippen molar-refractivity contribution in [1.29, 1.82) is 0 Å². The quantitative estimate of drug-likeness (QED) is 0.469. The van der Waals surface area contributed by atoms with Crippen LogP contribution in [0.5, 0.6) is 5.75 Å². The van der Waals surface area contributed by atoms with Crippen LogP contribution >= 0.6 is 23.6 Å². The number of ether oxygens (including phenoxy) is 1. The van der Waals surface area contributed by atoms with Crippen LogP contribution in [0.1, 0.15) is 10.4 Å². The lowest BCUT2D eigenvalue weighted by Gasteiger charge is -2.06. The Balaban J connectivity index is 1.74. The Morgan fingerprint density at radius 3 is 2.69 bits per heavy atom. The summed E-state index contributed by atoms with van der Waals surface area (Å²) < 4.78 is 31.5. The molecular formula is C15H13F2N5O2S2. The number of benzene rings is 1. The van der Waals surface area contributed by atoms with Crippen LogP contribution in [0.2, 0.25) is 0 Å². The smallest absolute Gasteiger partial charge is 0.387 e. The summed E-state index contributed by atoms with van der Waals surface area (Å²) in [5, 5.41) is 6.76. The normalized spacial score (nSPS) is 10.9. The molecule has 0 saturated carbocycles. The molecule has 0 aliphatic rings. The van der Waals surface area contributed by atoms with E-state index in [-0.39, 0.29) is 28.8 Å². The van der Waals surface area contributed by atoms with Crippen molar-refractivity contribution in [3.05, 3.63) is 52.1 Å². The van der Waals surface area contributed by atoms with Gasteiger partial charge in [0, 0.05) is 5.56 Å². The number of nitrogen functional groups attached to an aromatic ring is 1. The number of hydrogen-bond acceptors (Lipinski definition) is 7. The fourth-order valence-electron chi connectivity index (χ4n) is 2.13. The average Bonchev–Trinajstić information content (AvgIpc) is 3.19. The molecule has 0 bridgehead atoms. The van der Waals surface area contributed by atoms with Crippen molar-refractivity contribution in [3.63, 3.8) is 0 Å². The minimum absolute atomic E-state index is 0.0261. The summed E-state index contributed by atoms with van der Waals surface area (Å²) in [7, 11) is 0. The predicted octanol–water partition coefficient (Wildman–Crippen LogP) is 3.42. The largest absolute Gasteiger partial charge is 0.435 e. The van der Waals surface area contributed by atoms with Crippen LogP contribution in [-0.2, 0) is 6.54 Å². The predicted molar refractivity (Wildman–Crippen MR) is 96.2 cm³/mol. The van der Waals surface area contributed by atoms with Gasteiger partial charge in [-0.15, -0.1) is 16.4 Å². The number of aromatic nitrogens is 3. The molecule has 0 atom stereocenters. The second-order valence-corrected chi connectivity index (χ2v) is 6.36. The summed E-state index contributed by atoms with van der Waals surface area (Å²) >= 11 is 6.75. The number of rotatable bonds is 7. The molecule has 0 radical (unpaired) electrons. The second-order valence-electron chi connectivity index (χ2n) is 5.05. The lowest BCUT2D eigenvalue weighted by molar-refractivity contribution is -0.0498. The lowest BCUT2D eigenvalue weighted by atomic mass is 10.1. The molecule has 0 amide bonds. The van der Waals surface area contributed by atoms with E-state index in [0.717, 1.165) is 5.00 Å². The van der Waals surface area contributed by atoms with Gasteiger partial charge in [-0.1, -0.05) is 0 Å². The van der Waals surface area contributed by atoms with Gasteiger partial charge in [0.25, 0.3) is 0 Å². The molecule has 1 aromatic carbocycles. The van der Waals surface area contributed by atoms with Crippen molar-refractivity contribution in [1.82, 2.24) is 14.5 Å². The third-order valence-corrected chi connectivity index (χ3v) is 4.47. The molecule has 0 aliphatic carbocycles. The Morgan fingerprint density at radius 1 is 1.35 bits per heavy atom. The van der Waals surface area contributed by atoms with Crippen LogP contribution in [-0.4, -0.2) is 26.9 Å². The molecule has 11 heteroatoms. The highest BCUT2D eigenvalue weighted by molar-refractivity contribution is 7.71. The molecule has 3 N–H and O–H groups in total. The summed E-state index contributed by atoms with van der Waals surface area (Å²) in [5.74, 6) is -0.218. The van der Waals surface area contributed by atoms with Gasteiger partial charge in [-0.25, -0.2) is 4.68 Å². The number of nitrogens with zero attached hydrogens (tertiary/aromatic N) is 3. The zero-order chi connectivity index (χ0) is 18.7. The van der Waals surface area contributed by atoms with E-state index in [4.69, 9.17) is 18.0 Å². The number of ketones is 1. The lowest BCUT2D eigenvalue weighted by Crippen LogP contribution is -2.14. The standard InChI is InChI=1S/C15H13F2N5O2S2/c16-13(17)24-10-5-3-9(4-6-10)11(23)8-21-15(25)22(14(18)20-21)19-12-2-1-7-26-12/h1-7,13,19H,8H2,(H2,18,20). The van der Waals surface area contributed by atoms with E-state index in [9.17, 15) is 13.6 Å². The van der Waals surface area contributed by atoms with Gasteiger partial charge in [-0.05, 0) is 54.0 Å². The SMILES string of the molecule is Nc1nn(CC(=O)c2ccc(OC(F)F)cc2)c(=S)n1Nc1cccs1. The first-order valence-corrected chi connectivity index (χ1v) is 8.57. The Kier molecular flexibility index (Phi) is 5.28. The minimum atomic E-state index is -2.92. The molecule has 3 aromatic rings. The molecule has 136 valence electrons. The first-order valence-electron chi connectivity index (χ1n) is 7.28. The zero-order valence-electron chi connectivity index (χ0n) is 13.1. The molecule has 2 aromatic heterocycles. The number of carbonyl (C=O) groups excluding carboxylic acids is 1. The summed E-state index contributed by atoms with van der Waals surface area (Å²) in [5.41, 5.74) is 9.16. The van der Waals surface area contributed by atoms with Crippen molar-refractivity contribution in [2.24, 2.45) is 0 Å². The molecule has 0 unspecified atom stereocenters. The van der Waals surface area contributed by atoms with Crippen molar-refractivity contribution >= 4 is 40.3 Å². The monoisotopic (exact) mass is 397 g/mol. The number of anilines is 2. The minimum Gasteiger partial charge on any atom is -0.435 e. The van der Waals surface area contributed by atoms with Gasteiger partial charge in [0.1, 0.15) is 17.3 Å². The van der Waals surface area contributed by atoms with Gasteiger partial charge >= 0.3 is 6.61 Å². The van der Waals surface area contributed by atoms with Crippen LogP contribution in [0.15, 0.2) is 41.8 Å². The number of thiophene rings is 1. The summed E-state index contributed by atoms with van der Waals surface area (Å²) in [6, 6.07) is 9.09. The van der Waals surface area contributed by atoms with Crippen LogP contribution in [0.3, 0.4) is 0 Å². The molecule has 7 nitrogen and oxygen atoms in total. The highest BCUT2D eigenvalue weighted by Gasteiger charge is 2.14. The van der Waals surface area contributed by atoms with Crippen molar-refractivity contribution in [3.8, 4) is 5.75 Å². The molecule has 0 saturated heterocycles. The third-order valence-electron chi connectivity index (χ3n) is 3.30. The first-order chi connectivity index (χ1) is 12.4. The van der Waals surface area contributed by atoms with E-state index >= 15 is 0 Å². The summed E-state index contributed by atoms with van der Waals surface area (Å²) in [6.45, 7) is -3.06. The molecule has 26 heavy (non-hydrogen) atoms. The van der Waals surface area contributed by atoms with Gasteiger partial charge in [0.2, 0.25) is 10.7 Å². The highest BCUT2D eigenvalue weighted by atomic mass is 32.1. The molecular weight excluding hydrogens is 384 g/mol. The van der Waals surface area contributed by atoms with E-state index in [0.29, 0.717) is 5.56 Å². The van der Waals surface area contributed by atoms with Gasteiger partial charge < -0.3 is 10.5 Å². The van der Waals surface area contributed by atoms with Gasteiger partial charge in [-0.2, -0.15) is 13.5 Å². The van der Waals surface area contributed by atoms with Crippen LogP contribution in [0.25, 0.3) is 0 Å². The maximum atomic E-state index is 12.4. The van der Waals surface area contributed by atoms with Crippen molar-refractivity contribution in [2.45, 2.75) is 13.2 Å². The Labute approximate surface area is 155 Å². The number of alkyl halides is 2. The first kappa shape index (κ1) is 18.0. The summed E-state index contributed by atoms with van der Waals surface area (Å²) in [6.07, 6.45) is 0. The molecule has 0 fully saturated rings. The number of hydrogen-bond donors (Lipinski definition) is 2. The Bertz CT molecular complexity index is 952. The number of carbonyl (C=O) groups is 1. The second kappa shape index (κ2) is 7.62. The van der Waals surface area contributed by atoms with Crippen LogP contribution in [0, 0.1) is 4.77 Å². The summed E-state index contributed by atoms with van der Waals surface area (Å²) in [4.78, 5) is 12.4. The topological polar surface area (TPSA) is 87.1 Å². The Hall–Kier alpha value is -2.79. The fourth-order valence-corrected chi connectivity index (χ4v) is 2.98. The Morgan fingerprint density at radius 2 is 2.08 bits per heavy atom. The zero-order valence-corrected chi connectivity index (χ0v) is 14.8.